The first-order valence-electron chi connectivity index (χ1n) is 8.52. The van der Waals surface area contributed by atoms with E-state index in [0.717, 1.165) is 24.1 Å². The lowest BCUT2D eigenvalue weighted by molar-refractivity contribution is 0.257. The number of hydrogen-bond donors (Lipinski definition) is 1. The second-order valence-corrected chi connectivity index (χ2v) is 6.67. The highest BCUT2D eigenvalue weighted by molar-refractivity contribution is 5.38. The standard InChI is InChI=1S/C19H31NO/c1-5-16-7-9-17(10-8-16)13-20-15(3)18-12-14(2)6-11-19(18)21-4/h6,11-12,15-17,20H,5,7-10,13H2,1-4H3. The number of ether oxygens (including phenoxy) is 1. The minimum absolute atomic E-state index is 0.351. The van der Waals surface area contributed by atoms with Gasteiger partial charge in [0.2, 0.25) is 0 Å². The maximum Gasteiger partial charge on any atom is 0.123 e. The smallest absolute Gasteiger partial charge is 0.123 e. The maximum atomic E-state index is 5.50. The van der Waals surface area contributed by atoms with Gasteiger partial charge in [-0.25, -0.2) is 0 Å². The Balaban J connectivity index is 1.87. The normalized spacial score (nSPS) is 23.8. The summed E-state index contributed by atoms with van der Waals surface area (Å²) in [6.07, 6.45) is 6.99. The van der Waals surface area contributed by atoms with Crippen LogP contribution in [0.2, 0.25) is 0 Å². The molecule has 1 aromatic carbocycles. The number of benzene rings is 1. The van der Waals surface area contributed by atoms with Gasteiger partial charge in [0.1, 0.15) is 5.75 Å². The van der Waals surface area contributed by atoms with E-state index in [1.165, 1.54) is 43.2 Å². The third kappa shape index (κ3) is 4.47. The number of nitrogens with one attached hydrogen (secondary N) is 1. The fraction of sp³-hybridized carbons (Fsp3) is 0.684. The number of aryl methyl sites for hydroxylation is 1. The molecule has 0 aliphatic heterocycles. The molecule has 0 aromatic heterocycles. The van der Waals surface area contributed by atoms with Crippen LogP contribution in [0.5, 0.6) is 5.75 Å². The highest BCUT2D eigenvalue weighted by Gasteiger charge is 2.20. The first-order chi connectivity index (χ1) is 10.1. The zero-order chi connectivity index (χ0) is 15.2. The van der Waals surface area contributed by atoms with E-state index in [2.05, 4.69) is 44.3 Å². The third-order valence-corrected chi connectivity index (χ3v) is 5.11. The van der Waals surface area contributed by atoms with Crippen LogP contribution < -0.4 is 10.1 Å². The Bertz CT molecular complexity index is 435. The van der Waals surface area contributed by atoms with Gasteiger partial charge in [0.05, 0.1) is 7.11 Å². The van der Waals surface area contributed by atoms with Crippen LogP contribution in [-0.4, -0.2) is 13.7 Å². The zero-order valence-electron chi connectivity index (χ0n) is 14.1. The van der Waals surface area contributed by atoms with Gasteiger partial charge in [-0.2, -0.15) is 0 Å². The van der Waals surface area contributed by atoms with Crippen molar-refractivity contribution in [2.75, 3.05) is 13.7 Å². The van der Waals surface area contributed by atoms with Crippen LogP contribution in [0.4, 0.5) is 0 Å². The Kier molecular flexibility index (Phi) is 6.10. The lowest BCUT2D eigenvalue weighted by Gasteiger charge is -2.29. The van der Waals surface area contributed by atoms with Gasteiger partial charge < -0.3 is 10.1 Å². The highest BCUT2D eigenvalue weighted by atomic mass is 16.5. The monoisotopic (exact) mass is 289 g/mol. The van der Waals surface area contributed by atoms with Crippen LogP contribution in [0.1, 0.15) is 63.1 Å². The SMILES string of the molecule is CCC1CCC(CNC(C)c2cc(C)ccc2OC)CC1. The summed E-state index contributed by atoms with van der Waals surface area (Å²) in [6.45, 7) is 7.85. The second kappa shape index (κ2) is 7.84. The summed E-state index contributed by atoms with van der Waals surface area (Å²) in [5.74, 6) is 2.83. The second-order valence-electron chi connectivity index (χ2n) is 6.67. The predicted molar refractivity (Wildman–Crippen MR) is 89.9 cm³/mol. The van der Waals surface area contributed by atoms with Crippen LogP contribution in [0, 0.1) is 18.8 Å². The quantitative estimate of drug-likeness (QED) is 0.806. The van der Waals surface area contributed by atoms with Crippen molar-refractivity contribution in [1.29, 1.82) is 0 Å². The van der Waals surface area contributed by atoms with Gasteiger partial charge in [-0.3, -0.25) is 0 Å². The summed E-state index contributed by atoms with van der Waals surface area (Å²) in [5.41, 5.74) is 2.57. The van der Waals surface area contributed by atoms with E-state index in [9.17, 15) is 0 Å². The summed E-state index contributed by atoms with van der Waals surface area (Å²) >= 11 is 0. The fourth-order valence-corrected chi connectivity index (χ4v) is 3.49. The first kappa shape index (κ1) is 16.4. The van der Waals surface area contributed by atoms with Crippen molar-refractivity contribution in [2.45, 2.75) is 58.9 Å². The van der Waals surface area contributed by atoms with Gasteiger partial charge in [-0.05, 0) is 51.1 Å². The predicted octanol–water partition coefficient (Wildman–Crippen LogP) is 4.87. The summed E-state index contributed by atoms with van der Waals surface area (Å²) in [4.78, 5) is 0. The Hall–Kier alpha value is -1.02. The van der Waals surface area contributed by atoms with E-state index in [1.54, 1.807) is 7.11 Å². The molecule has 1 fully saturated rings. The van der Waals surface area contributed by atoms with Gasteiger partial charge in [-0.15, -0.1) is 0 Å². The molecule has 21 heavy (non-hydrogen) atoms. The molecular weight excluding hydrogens is 258 g/mol. The summed E-state index contributed by atoms with van der Waals surface area (Å²) < 4.78 is 5.50. The van der Waals surface area contributed by atoms with Gasteiger partial charge in [0.25, 0.3) is 0 Å². The minimum atomic E-state index is 0.351. The Morgan fingerprint density at radius 1 is 1.19 bits per heavy atom. The molecule has 0 radical (unpaired) electrons. The minimum Gasteiger partial charge on any atom is -0.496 e. The average Bonchev–Trinajstić information content (AvgIpc) is 2.53. The molecule has 0 saturated heterocycles. The van der Waals surface area contributed by atoms with Crippen LogP contribution in [-0.2, 0) is 0 Å². The van der Waals surface area contributed by atoms with E-state index in [0.29, 0.717) is 6.04 Å². The molecule has 1 aliphatic rings. The van der Waals surface area contributed by atoms with Crippen molar-refractivity contribution in [2.24, 2.45) is 11.8 Å². The van der Waals surface area contributed by atoms with Crippen molar-refractivity contribution in [3.63, 3.8) is 0 Å². The lowest BCUT2D eigenvalue weighted by Crippen LogP contribution is -2.28. The first-order valence-corrected chi connectivity index (χ1v) is 8.52. The van der Waals surface area contributed by atoms with Gasteiger partial charge in [0.15, 0.2) is 0 Å². The van der Waals surface area contributed by atoms with E-state index in [4.69, 9.17) is 4.74 Å². The van der Waals surface area contributed by atoms with Crippen molar-refractivity contribution in [1.82, 2.24) is 5.32 Å². The molecule has 0 amide bonds. The molecule has 1 atom stereocenters. The average molecular weight is 289 g/mol. The van der Waals surface area contributed by atoms with Crippen molar-refractivity contribution in [3.05, 3.63) is 29.3 Å². The van der Waals surface area contributed by atoms with E-state index in [1.807, 2.05) is 0 Å². The molecule has 0 heterocycles. The number of hydrogen-bond acceptors (Lipinski definition) is 2. The molecule has 2 nitrogen and oxygen atoms in total. The van der Waals surface area contributed by atoms with Crippen LogP contribution in [0.15, 0.2) is 18.2 Å². The van der Waals surface area contributed by atoms with Crippen molar-refractivity contribution >= 4 is 0 Å². The number of methoxy groups -OCH3 is 1. The van der Waals surface area contributed by atoms with Crippen LogP contribution in [0.3, 0.4) is 0 Å². The fourth-order valence-electron chi connectivity index (χ4n) is 3.49. The van der Waals surface area contributed by atoms with Gasteiger partial charge in [-0.1, -0.05) is 43.9 Å². The molecule has 0 spiro atoms. The largest absolute Gasteiger partial charge is 0.496 e. The molecule has 1 N–H and O–H groups in total. The molecule has 118 valence electrons. The van der Waals surface area contributed by atoms with Crippen molar-refractivity contribution in [3.8, 4) is 5.75 Å². The molecule has 1 unspecified atom stereocenters. The summed E-state index contributed by atoms with van der Waals surface area (Å²) in [7, 11) is 1.76. The topological polar surface area (TPSA) is 21.3 Å². The zero-order valence-corrected chi connectivity index (χ0v) is 14.1. The third-order valence-electron chi connectivity index (χ3n) is 5.11. The van der Waals surface area contributed by atoms with Gasteiger partial charge in [0, 0.05) is 11.6 Å². The Morgan fingerprint density at radius 3 is 2.48 bits per heavy atom. The molecule has 0 bridgehead atoms. The highest BCUT2D eigenvalue weighted by Crippen LogP contribution is 2.31. The van der Waals surface area contributed by atoms with E-state index < -0.39 is 0 Å². The van der Waals surface area contributed by atoms with Gasteiger partial charge >= 0.3 is 0 Å². The number of rotatable bonds is 6. The summed E-state index contributed by atoms with van der Waals surface area (Å²) in [5, 5.41) is 3.72. The molecular formula is C19H31NO. The van der Waals surface area contributed by atoms with E-state index in [-0.39, 0.29) is 0 Å². The molecule has 2 rings (SSSR count). The molecule has 1 aromatic rings. The van der Waals surface area contributed by atoms with Crippen molar-refractivity contribution < 1.29 is 4.74 Å². The van der Waals surface area contributed by atoms with E-state index >= 15 is 0 Å². The maximum absolute atomic E-state index is 5.50. The molecule has 1 aliphatic carbocycles. The molecule has 2 heteroatoms. The molecule has 1 saturated carbocycles. The van der Waals surface area contributed by atoms with Crippen LogP contribution >= 0.6 is 0 Å². The lowest BCUT2D eigenvalue weighted by atomic mass is 9.81. The van der Waals surface area contributed by atoms with Crippen LogP contribution in [0.25, 0.3) is 0 Å². The Labute approximate surface area is 130 Å². The summed E-state index contributed by atoms with van der Waals surface area (Å²) in [6, 6.07) is 6.78. The Morgan fingerprint density at radius 2 is 1.86 bits per heavy atom.